The summed E-state index contributed by atoms with van der Waals surface area (Å²) in [5, 5.41) is 13.9. The standard InChI is InChI=1S/C15H16N2O3S/c1-10(15(19)20)16-13(18)8-12-9-21-14(17-12)7-11-5-3-2-4-6-11/h2-6,9-10H,7-8H2,1H3,(H,16,18)(H,19,20)/t10-/m0/s1. The molecule has 1 atom stereocenters. The molecule has 0 saturated carbocycles. The third-order valence-corrected chi connectivity index (χ3v) is 3.78. The molecule has 0 radical (unpaired) electrons. The van der Waals surface area contributed by atoms with Crippen molar-refractivity contribution in [2.45, 2.75) is 25.8 Å². The van der Waals surface area contributed by atoms with Gasteiger partial charge in [0, 0.05) is 11.8 Å². The van der Waals surface area contributed by atoms with Crippen molar-refractivity contribution in [1.82, 2.24) is 10.3 Å². The molecular weight excluding hydrogens is 288 g/mol. The highest BCUT2D eigenvalue weighted by Gasteiger charge is 2.15. The maximum Gasteiger partial charge on any atom is 0.325 e. The van der Waals surface area contributed by atoms with Gasteiger partial charge in [0.2, 0.25) is 5.91 Å². The van der Waals surface area contributed by atoms with Gasteiger partial charge in [-0.1, -0.05) is 30.3 Å². The van der Waals surface area contributed by atoms with E-state index < -0.39 is 12.0 Å². The zero-order valence-electron chi connectivity index (χ0n) is 11.6. The summed E-state index contributed by atoms with van der Waals surface area (Å²) in [6, 6.07) is 9.09. The Balaban J connectivity index is 1.91. The van der Waals surface area contributed by atoms with Crippen LogP contribution in [-0.4, -0.2) is 28.0 Å². The summed E-state index contributed by atoms with van der Waals surface area (Å²) in [4.78, 5) is 26.8. The number of carbonyl (C=O) groups is 2. The molecule has 6 heteroatoms. The topological polar surface area (TPSA) is 79.3 Å². The van der Waals surface area contributed by atoms with E-state index in [9.17, 15) is 9.59 Å². The van der Waals surface area contributed by atoms with E-state index in [0.29, 0.717) is 5.69 Å². The molecule has 1 aromatic heterocycles. The van der Waals surface area contributed by atoms with E-state index in [-0.39, 0.29) is 12.3 Å². The van der Waals surface area contributed by atoms with Crippen molar-refractivity contribution in [1.29, 1.82) is 0 Å². The maximum absolute atomic E-state index is 11.7. The molecule has 2 N–H and O–H groups in total. The number of thiazole rings is 1. The van der Waals surface area contributed by atoms with E-state index in [1.165, 1.54) is 23.8 Å². The molecule has 2 rings (SSSR count). The zero-order chi connectivity index (χ0) is 15.2. The molecule has 0 unspecified atom stereocenters. The molecule has 0 aliphatic rings. The smallest absolute Gasteiger partial charge is 0.325 e. The molecule has 1 aromatic carbocycles. The number of nitrogens with one attached hydrogen (secondary N) is 1. The van der Waals surface area contributed by atoms with Crippen LogP contribution in [0.1, 0.15) is 23.2 Å². The maximum atomic E-state index is 11.7. The molecule has 0 aliphatic heterocycles. The number of amides is 1. The number of nitrogens with zero attached hydrogens (tertiary/aromatic N) is 1. The number of benzene rings is 1. The van der Waals surface area contributed by atoms with E-state index >= 15 is 0 Å². The number of hydrogen-bond donors (Lipinski definition) is 2. The molecule has 1 amide bonds. The number of aromatic nitrogens is 1. The quantitative estimate of drug-likeness (QED) is 0.854. The average molecular weight is 304 g/mol. The lowest BCUT2D eigenvalue weighted by molar-refractivity contribution is -0.141. The molecule has 110 valence electrons. The first-order chi connectivity index (χ1) is 10.0. The summed E-state index contributed by atoms with van der Waals surface area (Å²) < 4.78 is 0. The second-order valence-electron chi connectivity index (χ2n) is 4.70. The van der Waals surface area contributed by atoms with Crippen molar-refractivity contribution in [2.75, 3.05) is 0 Å². The van der Waals surface area contributed by atoms with Crippen molar-refractivity contribution in [3.8, 4) is 0 Å². The summed E-state index contributed by atoms with van der Waals surface area (Å²) in [5.41, 5.74) is 1.84. The average Bonchev–Trinajstić information content (AvgIpc) is 2.86. The van der Waals surface area contributed by atoms with Crippen molar-refractivity contribution >= 4 is 23.2 Å². The summed E-state index contributed by atoms with van der Waals surface area (Å²) in [6.07, 6.45) is 0.835. The van der Waals surface area contributed by atoms with Crippen molar-refractivity contribution < 1.29 is 14.7 Å². The van der Waals surface area contributed by atoms with Crippen LogP contribution < -0.4 is 5.32 Å². The molecule has 21 heavy (non-hydrogen) atoms. The Hall–Kier alpha value is -2.21. The fourth-order valence-electron chi connectivity index (χ4n) is 1.80. The van der Waals surface area contributed by atoms with Gasteiger partial charge in [0.25, 0.3) is 0 Å². The summed E-state index contributed by atoms with van der Waals surface area (Å²) in [7, 11) is 0. The van der Waals surface area contributed by atoms with Crippen molar-refractivity contribution in [3.05, 3.63) is 52.0 Å². The van der Waals surface area contributed by atoms with Crippen LogP contribution in [0.3, 0.4) is 0 Å². The van der Waals surface area contributed by atoms with Crippen LogP contribution in [0.15, 0.2) is 35.7 Å². The second-order valence-corrected chi connectivity index (χ2v) is 5.64. The zero-order valence-corrected chi connectivity index (χ0v) is 12.4. The molecule has 0 fully saturated rings. The first-order valence-electron chi connectivity index (χ1n) is 6.54. The molecule has 1 heterocycles. The SMILES string of the molecule is C[C@H](NC(=O)Cc1csc(Cc2ccccc2)n1)C(=O)O. The fraction of sp³-hybridized carbons (Fsp3) is 0.267. The van der Waals surface area contributed by atoms with Crippen LogP contribution in [0, 0.1) is 0 Å². The highest BCUT2D eigenvalue weighted by molar-refractivity contribution is 7.09. The lowest BCUT2D eigenvalue weighted by Gasteiger charge is -2.07. The minimum atomic E-state index is -1.05. The summed E-state index contributed by atoms with van der Waals surface area (Å²) >= 11 is 1.50. The third kappa shape index (κ3) is 4.68. The van der Waals surface area contributed by atoms with Gasteiger partial charge in [-0.05, 0) is 12.5 Å². The van der Waals surface area contributed by atoms with E-state index in [2.05, 4.69) is 10.3 Å². The Bertz CT molecular complexity index is 625. The largest absolute Gasteiger partial charge is 0.480 e. The Morgan fingerprint density at radius 3 is 2.71 bits per heavy atom. The van der Waals surface area contributed by atoms with Gasteiger partial charge in [-0.3, -0.25) is 9.59 Å². The Morgan fingerprint density at radius 2 is 2.05 bits per heavy atom. The predicted molar refractivity (Wildman–Crippen MR) is 80.3 cm³/mol. The van der Waals surface area contributed by atoms with Gasteiger partial charge in [0.15, 0.2) is 0 Å². The van der Waals surface area contributed by atoms with Crippen LogP contribution in [0.2, 0.25) is 0 Å². The highest BCUT2D eigenvalue weighted by Crippen LogP contribution is 2.15. The monoisotopic (exact) mass is 304 g/mol. The number of carbonyl (C=O) groups excluding carboxylic acids is 1. The number of carboxylic acids is 1. The van der Waals surface area contributed by atoms with Gasteiger partial charge in [0.05, 0.1) is 17.1 Å². The van der Waals surface area contributed by atoms with Crippen LogP contribution in [0.4, 0.5) is 0 Å². The number of rotatable bonds is 6. The fourth-order valence-corrected chi connectivity index (χ4v) is 2.63. The van der Waals surface area contributed by atoms with E-state index in [0.717, 1.165) is 11.4 Å². The lowest BCUT2D eigenvalue weighted by atomic mass is 10.2. The molecule has 2 aromatic rings. The van der Waals surface area contributed by atoms with Gasteiger partial charge in [-0.2, -0.15) is 0 Å². The van der Waals surface area contributed by atoms with E-state index in [1.54, 1.807) is 0 Å². The Labute approximate surface area is 126 Å². The van der Waals surface area contributed by atoms with Gasteiger partial charge in [-0.25, -0.2) is 4.98 Å². The third-order valence-electron chi connectivity index (χ3n) is 2.89. The molecule has 0 saturated heterocycles. The first-order valence-corrected chi connectivity index (χ1v) is 7.42. The van der Waals surface area contributed by atoms with Crippen LogP contribution in [-0.2, 0) is 22.4 Å². The normalized spacial score (nSPS) is 11.9. The minimum absolute atomic E-state index is 0.100. The molecule has 0 spiro atoms. The Kier molecular flexibility index (Phi) is 5.05. The predicted octanol–water partition coefficient (Wildman–Crippen LogP) is 1.87. The highest BCUT2D eigenvalue weighted by atomic mass is 32.1. The Morgan fingerprint density at radius 1 is 1.33 bits per heavy atom. The van der Waals surface area contributed by atoms with Gasteiger partial charge < -0.3 is 10.4 Å². The molecule has 0 aliphatic carbocycles. The number of carboxylic acid groups (broad SMARTS) is 1. The molecular formula is C15H16N2O3S. The lowest BCUT2D eigenvalue weighted by Crippen LogP contribution is -2.39. The van der Waals surface area contributed by atoms with Crippen LogP contribution in [0.25, 0.3) is 0 Å². The van der Waals surface area contributed by atoms with Crippen molar-refractivity contribution in [3.63, 3.8) is 0 Å². The number of hydrogen-bond acceptors (Lipinski definition) is 4. The molecule has 0 bridgehead atoms. The summed E-state index contributed by atoms with van der Waals surface area (Å²) in [5.74, 6) is -1.38. The first kappa shape index (κ1) is 15.2. The van der Waals surface area contributed by atoms with Gasteiger partial charge in [-0.15, -0.1) is 11.3 Å². The number of aliphatic carboxylic acids is 1. The van der Waals surface area contributed by atoms with Gasteiger partial charge in [0.1, 0.15) is 6.04 Å². The van der Waals surface area contributed by atoms with E-state index in [1.807, 2.05) is 35.7 Å². The second kappa shape index (κ2) is 6.99. The minimum Gasteiger partial charge on any atom is -0.480 e. The van der Waals surface area contributed by atoms with Gasteiger partial charge >= 0.3 is 5.97 Å². The van der Waals surface area contributed by atoms with Crippen molar-refractivity contribution in [2.24, 2.45) is 0 Å². The van der Waals surface area contributed by atoms with Crippen LogP contribution in [0.5, 0.6) is 0 Å². The van der Waals surface area contributed by atoms with E-state index in [4.69, 9.17) is 5.11 Å². The summed E-state index contributed by atoms with van der Waals surface area (Å²) in [6.45, 7) is 1.43. The van der Waals surface area contributed by atoms with Crippen LogP contribution >= 0.6 is 11.3 Å². The molecule has 5 nitrogen and oxygen atoms in total.